The SMILES string of the molecule is CCNC(=NCc1ccc(OC)cc1)NCCc1c(C)nn(C)c1C.I. The molecule has 1 aromatic heterocycles. The van der Waals surface area contributed by atoms with E-state index in [1.807, 2.05) is 36.0 Å². The maximum Gasteiger partial charge on any atom is 0.191 e. The van der Waals surface area contributed by atoms with E-state index in [1.165, 1.54) is 11.3 Å². The van der Waals surface area contributed by atoms with Crippen LogP contribution in [-0.4, -0.2) is 35.9 Å². The third kappa shape index (κ3) is 6.19. The average Bonchev–Trinajstić information content (AvgIpc) is 2.86. The molecule has 26 heavy (non-hydrogen) atoms. The molecular formula is C19H30IN5O. The minimum atomic E-state index is 0. The molecule has 0 aliphatic heterocycles. The van der Waals surface area contributed by atoms with E-state index >= 15 is 0 Å². The predicted octanol–water partition coefficient (Wildman–Crippen LogP) is 2.96. The first kappa shape index (κ1) is 22.3. The molecule has 2 N–H and O–H groups in total. The van der Waals surface area contributed by atoms with E-state index in [0.717, 1.165) is 42.5 Å². The van der Waals surface area contributed by atoms with Crippen molar-refractivity contribution in [1.82, 2.24) is 20.4 Å². The molecule has 0 saturated heterocycles. The van der Waals surface area contributed by atoms with Crippen LogP contribution in [0.25, 0.3) is 0 Å². The number of nitrogens with one attached hydrogen (secondary N) is 2. The van der Waals surface area contributed by atoms with Crippen molar-refractivity contribution >= 4 is 29.9 Å². The Hall–Kier alpha value is -1.77. The van der Waals surface area contributed by atoms with Crippen molar-refractivity contribution in [1.29, 1.82) is 0 Å². The van der Waals surface area contributed by atoms with Gasteiger partial charge in [-0.2, -0.15) is 5.10 Å². The molecule has 0 aliphatic rings. The van der Waals surface area contributed by atoms with Crippen LogP contribution in [0.2, 0.25) is 0 Å². The molecule has 7 heteroatoms. The zero-order chi connectivity index (χ0) is 18.2. The smallest absolute Gasteiger partial charge is 0.191 e. The third-order valence-corrected chi connectivity index (χ3v) is 4.25. The molecule has 1 heterocycles. The van der Waals surface area contributed by atoms with Gasteiger partial charge in [-0.05, 0) is 50.5 Å². The van der Waals surface area contributed by atoms with E-state index in [0.29, 0.717) is 6.54 Å². The lowest BCUT2D eigenvalue weighted by molar-refractivity contribution is 0.414. The Morgan fingerprint density at radius 3 is 2.42 bits per heavy atom. The summed E-state index contributed by atoms with van der Waals surface area (Å²) in [6.45, 7) is 8.52. The normalized spacial score (nSPS) is 11.0. The number of methoxy groups -OCH3 is 1. The second kappa shape index (κ2) is 11.1. The van der Waals surface area contributed by atoms with Crippen LogP contribution >= 0.6 is 24.0 Å². The number of benzene rings is 1. The van der Waals surface area contributed by atoms with Gasteiger partial charge in [-0.3, -0.25) is 4.68 Å². The predicted molar refractivity (Wildman–Crippen MR) is 118 cm³/mol. The van der Waals surface area contributed by atoms with Crippen LogP contribution in [-0.2, 0) is 20.0 Å². The van der Waals surface area contributed by atoms with Crippen LogP contribution in [0.15, 0.2) is 29.3 Å². The maximum atomic E-state index is 5.18. The quantitative estimate of drug-likeness (QED) is 0.371. The van der Waals surface area contributed by atoms with Crippen molar-refractivity contribution in [3.05, 3.63) is 46.8 Å². The van der Waals surface area contributed by atoms with Gasteiger partial charge in [-0.25, -0.2) is 4.99 Å². The Morgan fingerprint density at radius 2 is 1.88 bits per heavy atom. The molecule has 0 saturated carbocycles. The summed E-state index contributed by atoms with van der Waals surface area (Å²) in [4.78, 5) is 4.65. The Labute approximate surface area is 173 Å². The number of aliphatic imine (C=N–C) groups is 1. The number of guanidine groups is 1. The molecule has 0 atom stereocenters. The first-order valence-electron chi connectivity index (χ1n) is 8.69. The van der Waals surface area contributed by atoms with Gasteiger partial charge < -0.3 is 15.4 Å². The summed E-state index contributed by atoms with van der Waals surface area (Å²) >= 11 is 0. The molecule has 0 aliphatic carbocycles. The first-order chi connectivity index (χ1) is 12.0. The first-order valence-corrected chi connectivity index (χ1v) is 8.69. The number of hydrogen-bond donors (Lipinski definition) is 2. The molecule has 0 amide bonds. The van der Waals surface area contributed by atoms with Gasteiger partial charge in [0.1, 0.15) is 5.75 Å². The monoisotopic (exact) mass is 471 g/mol. The van der Waals surface area contributed by atoms with Crippen molar-refractivity contribution in [3.8, 4) is 5.75 Å². The van der Waals surface area contributed by atoms with E-state index in [-0.39, 0.29) is 24.0 Å². The van der Waals surface area contributed by atoms with Gasteiger partial charge in [0, 0.05) is 25.8 Å². The van der Waals surface area contributed by atoms with E-state index in [1.54, 1.807) is 7.11 Å². The highest BCUT2D eigenvalue weighted by atomic mass is 127. The molecule has 0 spiro atoms. The summed E-state index contributed by atoms with van der Waals surface area (Å²) in [7, 11) is 3.66. The number of halogens is 1. The highest BCUT2D eigenvalue weighted by Gasteiger charge is 2.09. The van der Waals surface area contributed by atoms with Crippen molar-refractivity contribution in [2.24, 2.45) is 12.0 Å². The largest absolute Gasteiger partial charge is 0.497 e. The van der Waals surface area contributed by atoms with Gasteiger partial charge >= 0.3 is 0 Å². The van der Waals surface area contributed by atoms with E-state index in [4.69, 9.17) is 4.74 Å². The number of rotatable bonds is 7. The summed E-state index contributed by atoms with van der Waals surface area (Å²) in [5, 5.41) is 11.2. The van der Waals surface area contributed by atoms with Gasteiger partial charge in [-0.1, -0.05) is 12.1 Å². The minimum Gasteiger partial charge on any atom is -0.497 e. The lowest BCUT2D eigenvalue weighted by Crippen LogP contribution is -2.38. The zero-order valence-electron chi connectivity index (χ0n) is 16.3. The Balaban J connectivity index is 0.00000338. The second-order valence-electron chi connectivity index (χ2n) is 5.99. The summed E-state index contributed by atoms with van der Waals surface area (Å²) < 4.78 is 7.12. The number of ether oxygens (including phenoxy) is 1. The Kier molecular flexibility index (Phi) is 9.47. The van der Waals surface area contributed by atoms with Gasteiger partial charge in [-0.15, -0.1) is 24.0 Å². The Bertz CT molecular complexity index is 709. The zero-order valence-corrected chi connectivity index (χ0v) is 18.6. The number of aromatic nitrogens is 2. The van der Waals surface area contributed by atoms with Gasteiger partial charge in [0.2, 0.25) is 0 Å². The molecule has 2 aromatic rings. The Morgan fingerprint density at radius 1 is 1.19 bits per heavy atom. The molecular weight excluding hydrogens is 441 g/mol. The fourth-order valence-electron chi connectivity index (χ4n) is 2.73. The maximum absolute atomic E-state index is 5.18. The summed E-state index contributed by atoms with van der Waals surface area (Å²) in [6.07, 6.45) is 0.929. The fraction of sp³-hybridized carbons (Fsp3) is 0.474. The lowest BCUT2D eigenvalue weighted by Gasteiger charge is -2.11. The third-order valence-electron chi connectivity index (χ3n) is 4.25. The number of aryl methyl sites for hydroxylation is 2. The van der Waals surface area contributed by atoms with Crippen LogP contribution in [0.5, 0.6) is 5.75 Å². The molecule has 1 aromatic carbocycles. The lowest BCUT2D eigenvalue weighted by atomic mass is 10.1. The number of nitrogens with zero attached hydrogens (tertiary/aromatic N) is 3. The molecule has 0 bridgehead atoms. The van der Waals surface area contributed by atoms with Crippen LogP contribution in [0.3, 0.4) is 0 Å². The molecule has 2 rings (SSSR count). The van der Waals surface area contributed by atoms with E-state index in [2.05, 4.69) is 41.5 Å². The standard InChI is InChI=1S/C19H29N5O.HI/c1-6-20-19(22-13-16-7-9-17(25-5)10-8-16)21-12-11-18-14(2)23-24(4)15(18)3;/h7-10H,6,11-13H2,1-5H3,(H2,20,21,22);1H. The van der Waals surface area contributed by atoms with Crippen LogP contribution in [0.4, 0.5) is 0 Å². The summed E-state index contributed by atoms with van der Waals surface area (Å²) in [5.41, 5.74) is 4.78. The topological polar surface area (TPSA) is 63.5 Å². The fourth-order valence-corrected chi connectivity index (χ4v) is 2.73. The van der Waals surface area contributed by atoms with Crippen molar-refractivity contribution < 1.29 is 4.74 Å². The van der Waals surface area contributed by atoms with Gasteiger partial charge in [0.15, 0.2) is 5.96 Å². The molecule has 0 radical (unpaired) electrons. The van der Waals surface area contributed by atoms with Crippen LogP contribution in [0.1, 0.15) is 29.4 Å². The van der Waals surface area contributed by atoms with Crippen molar-refractivity contribution in [2.45, 2.75) is 33.7 Å². The number of hydrogen-bond acceptors (Lipinski definition) is 3. The highest BCUT2D eigenvalue weighted by molar-refractivity contribution is 14.0. The van der Waals surface area contributed by atoms with Crippen LogP contribution in [0, 0.1) is 13.8 Å². The van der Waals surface area contributed by atoms with E-state index in [9.17, 15) is 0 Å². The summed E-state index contributed by atoms with van der Waals surface area (Å²) in [6, 6.07) is 7.99. The van der Waals surface area contributed by atoms with Crippen LogP contribution < -0.4 is 15.4 Å². The second-order valence-corrected chi connectivity index (χ2v) is 5.99. The highest BCUT2D eigenvalue weighted by Crippen LogP contribution is 2.13. The molecule has 144 valence electrons. The average molecular weight is 471 g/mol. The van der Waals surface area contributed by atoms with Crippen molar-refractivity contribution in [2.75, 3.05) is 20.2 Å². The minimum absolute atomic E-state index is 0. The van der Waals surface area contributed by atoms with Gasteiger partial charge in [0.25, 0.3) is 0 Å². The summed E-state index contributed by atoms with van der Waals surface area (Å²) in [5.74, 6) is 1.69. The molecule has 6 nitrogen and oxygen atoms in total. The molecule has 0 unspecified atom stereocenters. The molecule has 0 fully saturated rings. The van der Waals surface area contributed by atoms with Crippen molar-refractivity contribution in [3.63, 3.8) is 0 Å². The van der Waals surface area contributed by atoms with E-state index < -0.39 is 0 Å². The van der Waals surface area contributed by atoms with Gasteiger partial charge in [0.05, 0.1) is 19.3 Å².